The quantitative estimate of drug-likeness (QED) is 0.572. The number of anilines is 1. The number of hydrogen-bond donors (Lipinski definition) is 1. The van der Waals surface area contributed by atoms with E-state index in [4.69, 9.17) is 15.0 Å². The zero-order chi connectivity index (χ0) is 6.97. The van der Waals surface area contributed by atoms with Gasteiger partial charge in [0, 0.05) is 6.42 Å². The van der Waals surface area contributed by atoms with Gasteiger partial charge in [-0.05, 0) is 6.42 Å². The van der Waals surface area contributed by atoms with E-state index < -0.39 is 0 Å². The molecule has 2 rings (SSSR count). The standard InChI is InChI=1S/C6H8N2O2/c7-6-5-4(10-8-6)2-1-3-9-5/h1-3H2,(H2,7,8). The Labute approximate surface area is 57.9 Å². The van der Waals surface area contributed by atoms with Crippen molar-refractivity contribution in [1.82, 2.24) is 5.16 Å². The molecule has 1 aliphatic rings. The second-order valence-electron chi connectivity index (χ2n) is 2.27. The molecule has 0 radical (unpaired) electrons. The predicted molar refractivity (Wildman–Crippen MR) is 34.7 cm³/mol. The third kappa shape index (κ3) is 0.650. The van der Waals surface area contributed by atoms with Crippen LogP contribution in [0.5, 0.6) is 5.75 Å². The second-order valence-corrected chi connectivity index (χ2v) is 2.27. The van der Waals surface area contributed by atoms with Crippen LogP contribution >= 0.6 is 0 Å². The fourth-order valence-corrected chi connectivity index (χ4v) is 1.05. The van der Waals surface area contributed by atoms with Crippen molar-refractivity contribution in [2.24, 2.45) is 0 Å². The van der Waals surface area contributed by atoms with Crippen LogP contribution in [0.3, 0.4) is 0 Å². The highest BCUT2D eigenvalue weighted by molar-refractivity contribution is 5.47. The summed E-state index contributed by atoms with van der Waals surface area (Å²) in [6.45, 7) is 0.721. The average molecular weight is 140 g/mol. The number of hydrogen-bond acceptors (Lipinski definition) is 4. The van der Waals surface area contributed by atoms with E-state index in [0.29, 0.717) is 11.6 Å². The second kappa shape index (κ2) is 1.90. The number of nitrogen functional groups attached to an aromatic ring is 1. The molecule has 10 heavy (non-hydrogen) atoms. The van der Waals surface area contributed by atoms with Crippen LogP contribution in [0.25, 0.3) is 0 Å². The van der Waals surface area contributed by atoms with Crippen molar-refractivity contribution in [2.45, 2.75) is 12.8 Å². The van der Waals surface area contributed by atoms with Crippen molar-refractivity contribution in [3.63, 3.8) is 0 Å². The number of nitrogens with zero attached hydrogens (tertiary/aromatic N) is 1. The van der Waals surface area contributed by atoms with Crippen molar-refractivity contribution in [2.75, 3.05) is 12.3 Å². The number of fused-ring (bicyclic) bond motifs is 1. The number of nitrogens with two attached hydrogens (primary N) is 1. The van der Waals surface area contributed by atoms with Gasteiger partial charge in [0.25, 0.3) is 0 Å². The normalized spacial score (nSPS) is 16.0. The minimum atomic E-state index is 0.370. The van der Waals surface area contributed by atoms with Gasteiger partial charge in [0.1, 0.15) is 0 Å². The van der Waals surface area contributed by atoms with E-state index in [1.165, 1.54) is 0 Å². The molecule has 2 heterocycles. The van der Waals surface area contributed by atoms with Gasteiger partial charge in [0.2, 0.25) is 11.6 Å². The molecule has 2 N–H and O–H groups in total. The van der Waals surface area contributed by atoms with Crippen molar-refractivity contribution in [3.8, 4) is 5.75 Å². The molecule has 0 atom stereocenters. The number of rotatable bonds is 0. The summed E-state index contributed by atoms with van der Waals surface area (Å²) in [5.74, 6) is 1.80. The molecule has 0 saturated carbocycles. The Morgan fingerprint density at radius 3 is 3.20 bits per heavy atom. The number of aromatic nitrogens is 1. The highest BCUT2D eigenvalue weighted by atomic mass is 16.5. The van der Waals surface area contributed by atoms with Gasteiger partial charge in [-0.1, -0.05) is 5.16 Å². The summed E-state index contributed by atoms with van der Waals surface area (Å²) in [5.41, 5.74) is 5.43. The van der Waals surface area contributed by atoms with E-state index in [0.717, 1.165) is 25.2 Å². The van der Waals surface area contributed by atoms with E-state index in [1.807, 2.05) is 0 Å². The summed E-state index contributed by atoms with van der Waals surface area (Å²) in [6.07, 6.45) is 1.88. The molecule has 0 fully saturated rings. The monoisotopic (exact) mass is 140 g/mol. The van der Waals surface area contributed by atoms with Crippen LogP contribution in [0, 0.1) is 0 Å². The molecule has 0 amide bonds. The van der Waals surface area contributed by atoms with E-state index >= 15 is 0 Å². The molecule has 4 nitrogen and oxygen atoms in total. The zero-order valence-corrected chi connectivity index (χ0v) is 5.46. The van der Waals surface area contributed by atoms with Crippen LogP contribution in [-0.4, -0.2) is 11.8 Å². The third-order valence-electron chi connectivity index (χ3n) is 1.53. The number of ether oxygens (including phenoxy) is 1. The Balaban J connectivity index is 2.45. The first-order chi connectivity index (χ1) is 4.88. The van der Waals surface area contributed by atoms with Gasteiger partial charge in [-0.25, -0.2) is 0 Å². The minimum absolute atomic E-state index is 0.370. The average Bonchev–Trinajstić information content (AvgIpc) is 2.34. The molecule has 0 unspecified atom stereocenters. The molecular formula is C6H8N2O2. The Morgan fingerprint density at radius 2 is 2.40 bits per heavy atom. The minimum Gasteiger partial charge on any atom is -0.486 e. The van der Waals surface area contributed by atoms with Crippen LogP contribution in [0.4, 0.5) is 5.82 Å². The lowest BCUT2D eigenvalue weighted by Crippen LogP contribution is -2.07. The highest BCUT2D eigenvalue weighted by Crippen LogP contribution is 2.29. The summed E-state index contributed by atoms with van der Waals surface area (Å²) in [5, 5.41) is 3.58. The van der Waals surface area contributed by atoms with Crippen LogP contribution in [0.1, 0.15) is 12.2 Å². The van der Waals surface area contributed by atoms with Crippen LogP contribution in [0.15, 0.2) is 4.52 Å². The Bertz CT molecular complexity index is 244. The topological polar surface area (TPSA) is 61.3 Å². The largest absolute Gasteiger partial charge is 0.486 e. The summed E-state index contributed by atoms with van der Waals surface area (Å²) >= 11 is 0. The van der Waals surface area contributed by atoms with Gasteiger partial charge in [-0.2, -0.15) is 0 Å². The third-order valence-corrected chi connectivity index (χ3v) is 1.53. The van der Waals surface area contributed by atoms with Gasteiger partial charge < -0.3 is 15.0 Å². The lowest BCUT2D eigenvalue weighted by atomic mass is 10.2. The van der Waals surface area contributed by atoms with Crippen LogP contribution in [0.2, 0.25) is 0 Å². The number of aryl methyl sites for hydroxylation is 1. The molecule has 0 saturated heterocycles. The molecule has 0 aromatic carbocycles. The summed E-state index contributed by atoms with van der Waals surface area (Å²) in [7, 11) is 0. The summed E-state index contributed by atoms with van der Waals surface area (Å²) in [4.78, 5) is 0. The maximum absolute atomic E-state index is 5.43. The van der Waals surface area contributed by atoms with E-state index in [9.17, 15) is 0 Å². The molecule has 54 valence electrons. The van der Waals surface area contributed by atoms with Crippen molar-refractivity contribution < 1.29 is 9.26 Å². The molecule has 0 bridgehead atoms. The summed E-state index contributed by atoms with van der Waals surface area (Å²) < 4.78 is 10.1. The maximum Gasteiger partial charge on any atom is 0.209 e. The van der Waals surface area contributed by atoms with E-state index in [1.54, 1.807) is 0 Å². The molecular weight excluding hydrogens is 132 g/mol. The fourth-order valence-electron chi connectivity index (χ4n) is 1.05. The highest BCUT2D eigenvalue weighted by Gasteiger charge is 2.18. The van der Waals surface area contributed by atoms with Crippen molar-refractivity contribution >= 4 is 5.82 Å². The molecule has 1 aliphatic heterocycles. The van der Waals surface area contributed by atoms with Gasteiger partial charge in [0.15, 0.2) is 5.76 Å². The Kier molecular flexibility index (Phi) is 1.06. The lowest BCUT2D eigenvalue weighted by molar-refractivity contribution is 0.263. The van der Waals surface area contributed by atoms with Crippen LogP contribution < -0.4 is 10.5 Å². The Morgan fingerprint density at radius 1 is 1.50 bits per heavy atom. The SMILES string of the molecule is Nc1noc2c1OCCC2. The molecule has 1 aromatic heterocycles. The smallest absolute Gasteiger partial charge is 0.209 e. The van der Waals surface area contributed by atoms with Crippen LogP contribution in [-0.2, 0) is 6.42 Å². The van der Waals surface area contributed by atoms with Gasteiger partial charge >= 0.3 is 0 Å². The van der Waals surface area contributed by atoms with E-state index in [2.05, 4.69) is 5.16 Å². The van der Waals surface area contributed by atoms with Gasteiger partial charge in [0.05, 0.1) is 6.61 Å². The first kappa shape index (κ1) is 5.58. The molecule has 0 spiro atoms. The molecule has 4 heteroatoms. The first-order valence-corrected chi connectivity index (χ1v) is 3.25. The van der Waals surface area contributed by atoms with Gasteiger partial charge in [-0.15, -0.1) is 0 Å². The maximum atomic E-state index is 5.43. The Hall–Kier alpha value is -1.19. The van der Waals surface area contributed by atoms with E-state index in [-0.39, 0.29) is 0 Å². The lowest BCUT2D eigenvalue weighted by Gasteiger charge is -2.09. The van der Waals surface area contributed by atoms with Gasteiger partial charge in [-0.3, -0.25) is 0 Å². The first-order valence-electron chi connectivity index (χ1n) is 3.25. The zero-order valence-electron chi connectivity index (χ0n) is 5.46. The molecule has 1 aromatic rings. The predicted octanol–water partition coefficient (Wildman–Crippen LogP) is 0.582. The molecule has 0 aliphatic carbocycles. The fraction of sp³-hybridized carbons (Fsp3) is 0.500. The van der Waals surface area contributed by atoms with Crippen molar-refractivity contribution in [3.05, 3.63) is 5.76 Å². The summed E-state index contributed by atoms with van der Waals surface area (Å²) in [6, 6.07) is 0. The van der Waals surface area contributed by atoms with Crippen molar-refractivity contribution in [1.29, 1.82) is 0 Å².